The Kier molecular flexibility index (Phi) is 7.51. The van der Waals surface area contributed by atoms with Gasteiger partial charge >= 0.3 is 0 Å². The molecule has 0 aliphatic carbocycles. The van der Waals surface area contributed by atoms with E-state index in [0.29, 0.717) is 0 Å². The predicted molar refractivity (Wildman–Crippen MR) is 81.4 cm³/mol. The van der Waals surface area contributed by atoms with Crippen LogP contribution < -0.4 is 4.90 Å². The van der Waals surface area contributed by atoms with Gasteiger partial charge in [-0.1, -0.05) is 51.3 Å². The lowest BCUT2D eigenvalue weighted by Crippen LogP contribution is -2.44. The van der Waals surface area contributed by atoms with Crippen molar-refractivity contribution in [1.29, 1.82) is 0 Å². The molecule has 102 valence electrons. The van der Waals surface area contributed by atoms with Crippen LogP contribution in [0, 0.1) is 0 Å². The van der Waals surface area contributed by atoms with Gasteiger partial charge in [-0.05, 0) is 19.2 Å². The fourth-order valence-electron chi connectivity index (χ4n) is 2.06. The third-order valence-electron chi connectivity index (χ3n) is 3.33. The van der Waals surface area contributed by atoms with E-state index in [9.17, 15) is 0 Å². The molecule has 0 unspecified atom stereocenters. The monoisotopic (exact) mass is 248 g/mol. The van der Waals surface area contributed by atoms with Gasteiger partial charge in [-0.3, -0.25) is 0 Å². The Hall–Kier alpha value is -1.02. The van der Waals surface area contributed by atoms with Crippen molar-refractivity contribution >= 4 is 5.69 Å². The normalized spacial score (nSPS) is 16.1. The van der Waals surface area contributed by atoms with E-state index in [1.807, 2.05) is 0 Å². The van der Waals surface area contributed by atoms with Crippen molar-refractivity contribution in [2.75, 3.05) is 38.1 Å². The third-order valence-corrected chi connectivity index (χ3v) is 3.33. The summed E-state index contributed by atoms with van der Waals surface area (Å²) in [4.78, 5) is 4.82. The van der Waals surface area contributed by atoms with Crippen LogP contribution in [0.3, 0.4) is 0 Å². The lowest BCUT2D eigenvalue weighted by Gasteiger charge is -2.33. The van der Waals surface area contributed by atoms with Crippen LogP contribution in [0.15, 0.2) is 30.3 Å². The van der Waals surface area contributed by atoms with E-state index in [0.717, 1.165) is 13.1 Å². The highest BCUT2D eigenvalue weighted by molar-refractivity contribution is 5.46. The second-order valence-corrected chi connectivity index (χ2v) is 4.98. The summed E-state index contributed by atoms with van der Waals surface area (Å²) in [6.45, 7) is 9.08. The Balaban J connectivity index is 0.000000280. The van der Waals surface area contributed by atoms with Crippen molar-refractivity contribution in [3.63, 3.8) is 0 Å². The minimum absolute atomic E-state index is 1.15. The van der Waals surface area contributed by atoms with E-state index in [1.54, 1.807) is 0 Å². The number of benzene rings is 1. The van der Waals surface area contributed by atoms with Gasteiger partial charge in [-0.2, -0.15) is 0 Å². The molecule has 2 heteroatoms. The maximum Gasteiger partial charge on any atom is 0.0367 e. The number of nitrogens with zero attached hydrogens (tertiary/aromatic N) is 2. The van der Waals surface area contributed by atoms with Crippen molar-refractivity contribution in [2.24, 2.45) is 0 Å². The number of hydrogen-bond acceptors (Lipinski definition) is 2. The maximum absolute atomic E-state index is 2.44. The predicted octanol–water partition coefficient (Wildman–Crippen LogP) is 3.63. The molecular weight excluding hydrogens is 220 g/mol. The molecule has 1 heterocycles. The molecule has 0 spiro atoms. The van der Waals surface area contributed by atoms with E-state index in [4.69, 9.17) is 0 Å². The zero-order chi connectivity index (χ0) is 13.2. The van der Waals surface area contributed by atoms with Gasteiger partial charge in [0.05, 0.1) is 0 Å². The Morgan fingerprint density at radius 1 is 0.889 bits per heavy atom. The standard InChI is InChI=1S/C11H16N2.C5H12/c1-12-7-9-13(10-8-12)11-5-3-2-4-6-11;1-3-5-4-2/h2-6H,7-10H2,1H3;3-5H2,1-2H3. The summed E-state index contributed by atoms with van der Waals surface area (Å²) in [6.07, 6.45) is 4.08. The van der Waals surface area contributed by atoms with Gasteiger partial charge in [0.15, 0.2) is 0 Å². The van der Waals surface area contributed by atoms with Crippen LogP contribution in [0.5, 0.6) is 0 Å². The third kappa shape index (κ3) is 5.54. The highest BCUT2D eigenvalue weighted by Gasteiger charge is 2.13. The molecular formula is C16H28N2. The molecule has 18 heavy (non-hydrogen) atoms. The number of likely N-dealkylation sites (N-methyl/N-ethyl adjacent to an activating group) is 1. The lowest BCUT2D eigenvalue weighted by molar-refractivity contribution is 0.313. The van der Waals surface area contributed by atoms with E-state index in [2.05, 4.69) is 61.0 Å². The molecule has 0 aromatic heterocycles. The average molecular weight is 248 g/mol. The second-order valence-electron chi connectivity index (χ2n) is 4.98. The zero-order valence-electron chi connectivity index (χ0n) is 12.2. The number of anilines is 1. The summed E-state index contributed by atoms with van der Waals surface area (Å²) >= 11 is 0. The molecule has 0 N–H and O–H groups in total. The molecule has 0 amide bonds. The first kappa shape index (κ1) is 15.0. The largest absolute Gasteiger partial charge is 0.369 e. The van der Waals surface area contributed by atoms with Gasteiger partial charge < -0.3 is 9.80 Å². The van der Waals surface area contributed by atoms with Gasteiger partial charge in [-0.15, -0.1) is 0 Å². The summed E-state index contributed by atoms with van der Waals surface area (Å²) in [5.41, 5.74) is 1.36. The first-order valence-corrected chi connectivity index (χ1v) is 7.26. The molecule has 1 fully saturated rings. The molecule has 1 aliphatic rings. The summed E-state index contributed by atoms with van der Waals surface area (Å²) in [5, 5.41) is 0. The smallest absolute Gasteiger partial charge is 0.0367 e. The summed E-state index contributed by atoms with van der Waals surface area (Å²) in [5.74, 6) is 0. The van der Waals surface area contributed by atoms with Gasteiger partial charge in [0.1, 0.15) is 0 Å². The van der Waals surface area contributed by atoms with Crippen molar-refractivity contribution < 1.29 is 0 Å². The van der Waals surface area contributed by atoms with Gasteiger partial charge in [0, 0.05) is 31.9 Å². The Morgan fingerprint density at radius 3 is 1.89 bits per heavy atom. The topological polar surface area (TPSA) is 6.48 Å². The molecule has 2 nitrogen and oxygen atoms in total. The van der Waals surface area contributed by atoms with Gasteiger partial charge in [-0.25, -0.2) is 0 Å². The Bertz CT molecular complexity index is 287. The van der Waals surface area contributed by atoms with Crippen molar-refractivity contribution in [1.82, 2.24) is 4.90 Å². The molecule has 1 aromatic carbocycles. The number of piperazine rings is 1. The van der Waals surface area contributed by atoms with E-state index in [-0.39, 0.29) is 0 Å². The highest BCUT2D eigenvalue weighted by Crippen LogP contribution is 2.14. The second kappa shape index (κ2) is 8.98. The number of para-hydroxylation sites is 1. The van der Waals surface area contributed by atoms with Crippen LogP contribution in [0.2, 0.25) is 0 Å². The number of hydrogen-bond donors (Lipinski definition) is 0. The molecule has 0 saturated carbocycles. The maximum atomic E-state index is 2.44. The van der Waals surface area contributed by atoms with Crippen molar-refractivity contribution in [3.05, 3.63) is 30.3 Å². The van der Waals surface area contributed by atoms with Crippen LogP contribution in [0.1, 0.15) is 33.1 Å². The molecule has 2 rings (SSSR count). The fraction of sp³-hybridized carbons (Fsp3) is 0.625. The summed E-state index contributed by atoms with van der Waals surface area (Å²) < 4.78 is 0. The summed E-state index contributed by atoms with van der Waals surface area (Å²) in [6, 6.07) is 10.7. The number of rotatable bonds is 3. The fourth-order valence-corrected chi connectivity index (χ4v) is 2.06. The first-order valence-electron chi connectivity index (χ1n) is 7.26. The van der Waals surface area contributed by atoms with Gasteiger partial charge in [0.25, 0.3) is 0 Å². The van der Waals surface area contributed by atoms with Crippen LogP contribution in [-0.4, -0.2) is 38.1 Å². The first-order chi connectivity index (χ1) is 8.77. The molecule has 0 atom stereocenters. The number of unbranched alkanes of at least 4 members (excludes halogenated alkanes) is 2. The van der Waals surface area contributed by atoms with Crippen LogP contribution in [-0.2, 0) is 0 Å². The molecule has 1 saturated heterocycles. The van der Waals surface area contributed by atoms with Crippen molar-refractivity contribution in [3.8, 4) is 0 Å². The molecule has 1 aromatic rings. The van der Waals surface area contributed by atoms with Crippen LogP contribution >= 0.6 is 0 Å². The quantitative estimate of drug-likeness (QED) is 0.806. The van der Waals surface area contributed by atoms with Crippen LogP contribution in [0.25, 0.3) is 0 Å². The van der Waals surface area contributed by atoms with Gasteiger partial charge in [0.2, 0.25) is 0 Å². The van der Waals surface area contributed by atoms with E-state index < -0.39 is 0 Å². The van der Waals surface area contributed by atoms with Crippen molar-refractivity contribution in [2.45, 2.75) is 33.1 Å². The van der Waals surface area contributed by atoms with E-state index in [1.165, 1.54) is 38.0 Å². The Morgan fingerprint density at radius 2 is 1.44 bits per heavy atom. The lowest BCUT2D eigenvalue weighted by atomic mass is 10.2. The Labute approximate surface area is 113 Å². The summed E-state index contributed by atoms with van der Waals surface area (Å²) in [7, 11) is 2.18. The minimum Gasteiger partial charge on any atom is -0.369 e. The average Bonchev–Trinajstić information content (AvgIpc) is 2.42. The highest BCUT2D eigenvalue weighted by atomic mass is 15.2. The molecule has 0 radical (unpaired) electrons. The van der Waals surface area contributed by atoms with Crippen LogP contribution in [0.4, 0.5) is 5.69 Å². The zero-order valence-corrected chi connectivity index (χ0v) is 12.2. The molecule has 1 aliphatic heterocycles. The minimum atomic E-state index is 1.15. The molecule has 0 bridgehead atoms. The van der Waals surface area contributed by atoms with E-state index >= 15 is 0 Å². The SMILES string of the molecule is CCCCC.CN1CCN(c2ccccc2)CC1.